The van der Waals surface area contributed by atoms with E-state index < -0.39 is 11.7 Å². The van der Waals surface area contributed by atoms with Crippen LogP contribution in [0.5, 0.6) is 0 Å². The van der Waals surface area contributed by atoms with Gasteiger partial charge in [0.05, 0.1) is 6.54 Å². The van der Waals surface area contributed by atoms with E-state index in [0.29, 0.717) is 22.3 Å². The van der Waals surface area contributed by atoms with Gasteiger partial charge in [0.1, 0.15) is 5.71 Å². The van der Waals surface area contributed by atoms with Gasteiger partial charge in [-0.05, 0) is 23.8 Å². The van der Waals surface area contributed by atoms with Crippen LogP contribution in [0.25, 0.3) is 0 Å². The standard InChI is InChI=1S/C19H17F2N3O2S/c20-19(21)27-15-8-4-7-14(11-15)22-18(26)16-9-10-17(25)24(23-16)12-13-5-2-1-3-6-13/h1-8,11,19H,9-10,12H2,(H,22,26). The lowest BCUT2D eigenvalue weighted by molar-refractivity contribution is -0.132. The van der Waals surface area contributed by atoms with E-state index in [0.717, 1.165) is 5.56 Å². The Morgan fingerprint density at radius 3 is 2.67 bits per heavy atom. The molecule has 0 fully saturated rings. The van der Waals surface area contributed by atoms with Crippen LogP contribution in [0.2, 0.25) is 0 Å². The second-order valence-electron chi connectivity index (χ2n) is 5.84. The number of halogens is 2. The van der Waals surface area contributed by atoms with Crippen molar-refractivity contribution in [1.82, 2.24) is 5.01 Å². The summed E-state index contributed by atoms with van der Waals surface area (Å²) in [6.07, 6.45) is 0.432. The lowest BCUT2D eigenvalue weighted by atomic mass is 10.1. The number of hydrogen-bond donors (Lipinski definition) is 1. The quantitative estimate of drug-likeness (QED) is 0.756. The summed E-state index contributed by atoms with van der Waals surface area (Å²) in [6.45, 7) is 0.289. The van der Waals surface area contributed by atoms with Gasteiger partial charge in [0, 0.05) is 23.4 Å². The number of alkyl halides is 2. The number of thioether (sulfide) groups is 1. The van der Waals surface area contributed by atoms with Crippen LogP contribution < -0.4 is 5.32 Å². The van der Waals surface area contributed by atoms with Crippen molar-refractivity contribution in [1.29, 1.82) is 0 Å². The second kappa shape index (κ2) is 8.77. The molecule has 0 aromatic heterocycles. The Morgan fingerprint density at radius 1 is 1.15 bits per heavy atom. The van der Waals surface area contributed by atoms with Crippen LogP contribution in [0.4, 0.5) is 14.5 Å². The van der Waals surface area contributed by atoms with E-state index in [1.807, 2.05) is 30.3 Å². The molecule has 0 aliphatic carbocycles. The normalized spacial score (nSPS) is 14.3. The average Bonchev–Trinajstić information content (AvgIpc) is 2.64. The SMILES string of the molecule is O=C(Nc1cccc(SC(F)F)c1)C1=NN(Cc2ccccc2)C(=O)CC1. The smallest absolute Gasteiger partial charge is 0.288 e. The van der Waals surface area contributed by atoms with Crippen molar-refractivity contribution in [2.45, 2.75) is 30.0 Å². The summed E-state index contributed by atoms with van der Waals surface area (Å²) in [5.74, 6) is -3.12. The molecule has 0 spiro atoms. The summed E-state index contributed by atoms with van der Waals surface area (Å²) >= 11 is 0.409. The molecule has 0 saturated heterocycles. The molecule has 1 aliphatic heterocycles. The Hall–Kier alpha value is -2.74. The number of hydrazone groups is 1. The highest BCUT2D eigenvalue weighted by Gasteiger charge is 2.24. The summed E-state index contributed by atoms with van der Waals surface area (Å²) in [6, 6.07) is 15.6. The van der Waals surface area contributed by atoms with Crippen LogP contribution in [0.3, 0.4) is 0 Å². The largest absolute Gasteiger partial charge is 0.321 e. The molecule has 0 bridgehead atoms. The van der Waals surface area contributed by atoms with Gasteiger partial charge in [-0.25, -0.2) is 5.01 Å². The van der Waals surface area contributed by atoms with Crippen LogP contribution in [0, 0.1) is 0 Å². The molecule has 1 aliphatic rings. The highest BCUT2D eigenvalue weighted by Crippen LogP contribution is 2.27. The van der Waals surface area contributed by atoms with Crippen molar-refractivity contribution in [2.75, 3.05) is 5.32 Å². The summed E-state index contributed by atoms with van der Waals surface area (Å²) < 4.78 is 25.0. The van der Waals surface area contributed by atoms with E-state index >= 15 is 0 Å². The fourth-order valence-electron chi connectivity index (χ4n) is 2.60. The minimum absolute atomic E-state index is 0.147. The number of nitrogens with one attached hydrogen (secondary N) is 1. The van der Waals surface area contributed by atoms with Gasteiger partial charge in [-0.15, -0.1) is 0 Å². The first kappa shape index (κ1) is 19.0. The van der Waals surface area contributed by atoms with Gasteiger partial charge >= 0.3 is 0 Å². The van der Waals surface area contributed by atoms with Gasteiger partial charge in [0.25, 0.3) is 11.7 Å². The van der Waals surface area contributed by atoms with Gasteiger partial charge in [0.2, 0.25) is 5.91 Å². The Bertz CT molecular complexity index is 859. The number of nitrogens with zero attached hydrogens (tertiary/aromatic N) is 2. The molecule has 1 N–H and O–H groups in total. The van der Waals surface area contributed by atoms with Crippen molar-refractivity contribution in [3.63, 3.8) is 0 Å². The third-order valence-electron chi connectivity index (χ3n) is 3.86. The minimum atomic E-state index is -2.53. The van der Waals surface area contributed by atoms with Crippen molar-refractivity contribution in [3.05, 3.63) is 60.2 Å². The van der Waals surface area contributed by atoms with Crippen LogP contribution in [-0.2, 0) is 16.1 Å². The van der Waals surface area contributed by atoms with Crippen molar-refractivity contribution in [2.24, 2.45) is 5.10 Å². The zero-order valence-corrected chi connectivity index (χ0v) is 15.1. The van der Waals surface area contributed by atoms with E-state index in [4.69, 9.17) is 0 Å². The van der Waals surface area contributed by atoms with Gasteiger partial charge in [-0.2, -0.15) is 13.9 Å². The average molecular weight is 389 g/mol. The molecular formula is C19H17F2N3O2S. The predicted molar refractivity (Wildman–Crippen MR) is 101 cm³/mol. The first-order valence-electron chi connectivity index (χ1n) is 8.29. The molecule has 0 radical (unpaired) electrons. The highest BCUT2D eigenvalue weighted by atomic mass is 32.2. The molecule has 5 nitrogen and oxygen atoms in total. The van der Waals surface area contributed by atoms with E-state index in [1.165, 1.54) is 11.1 Å². The fourth-order valence-corrected chi connectivity index (χ4v) is 3.16. The maximum absolute atomic E-state index is 12.5. The van der Waals surface area contributed by atoms with Gasteiger partial charge in [-0.1, -0.05) is 48.2 Å². The van der Waals surface area contributed by atoms with E-state index in [1.54, 1.807) is 18.2 Å². The van der Waals surface area contributed by atoms with Gasteiger partial charge in [-0.3, -0.25) is 9.59 Å². The summed E-state index contributed by atoms with van der Waals surface area (Å²) in [5, 5.41) is 8.14. The molecule has 2 amide bonds. The second-order valence-corrected chi connectivity index (χ2v) is 6.91. The minimum Gasteiger partial charge on any atom is -0.321 e. The summed E-state index contributed by atoms with van der Waals surface area (Å²) in [7, 11) is 0. The van der Waals surface area contributed by atoms with Crippen molar-refractivity contribution < 1.29 is 18.4 Å². The number of anilines is 1. The first-order valence-corrected chi connectivity index (χ1v) is 9.17. The number of carbonyl (C=O) groups excluding carboxylic acids is 2. The van der Waals surface area contributed by atoms with E-state index in [2.05, 4.69) is 10.4 Å². The number of rotatable bonds is 6. The zero-order valence-electron chi connectivity index (χ0n) is 14.3. The molecular weight excluding hydrogens is 372 g/mol. The maximum Gasteiger partial charge on any atom is 0.288 e. The molecule has 140 valence electrons. The predicted octanol–water partition coefficient (Wildman–Crippen LogP) is 4.12. The number of amides is 2. The first-order chi connectivity index (χ1) is 13.0. The number of carbonyl (C=O) groups is 2. The van der Waals surface area contributed by atoms with Gasteiger partial charge < -0.3 is 5.32 Å². The molecule has 1 heterocycles. The molecule has 8 heteroatoms. The Kier molecular flexibility index (Phi) is 6.18. The van der Waals surface area contributed by atoms with Crippen LogP contribution in [-0.4, -0.2) is 28.3 Å². The summed E-state index contributed by atoms with van der Waals surface area (Å²) in [4.78, 5) is 24.9. The zero-order chi connectivity index (χ0) is 19.2. The third-order valence-corrected chi connectivity index (χ3v) is 4.56. The van der Waals surface area contributed by atoms with Gasteiger partial charge in [0.15, 0.2) is 0 Å². The monoisotopic (exact) mass is 389 g/mol. The van der Waals surface area contributed by atoms with Crippen LogP contribution in [0.1, 0.15) is 18.4 Å². The molecule has 2 aromatic carbocycles. The van der Waals surface area contributed by atoms with Crippen LogP contribution in [0.15, 0.2) is 64.6 Å². The molecule has 0 atom stereocenters. The number of benzene rings is 2. The van der Waals surface area contributed by atoms with Crippen LogP contribution >= 0.6 is 11.8 Å². The molecule has 0 saturated carbocycles. The topological polar surface area (TPSA) is 61.8 Å². The molecule has 0 unspecified atom stereocenters. The molecule has 2 aromatic rings. The lowest BCUT2D eigenvalue weighted by Crippen LogP contribution is -2.36. The maximum atomic E-state index is 12.5. The van der Waals surface area contributed by atoms with E-state index in [9.17, 15) is 18.4 Å². The van der Waals surface area contributed by atoms with Crippen molar-refractivity contribution >= 4 is 35.0 Å². The van der Waals surface area contributed by atoms with Crippen molar-refractivity contribution in [3.8, 4) is 0 Å². The lowest BCUT2D eigenvalue weighted by Gasteiger charge is -2.23. The Balaban J connectivity index is 1.70. The summed E-state index contributed by atoms with van der Waals surface area (Å²) in [5.41, 5.74) is 1.55. The Labute approximate surface area is 159 Å². The Morgan fingerprint density at radius 2 is 1.93 bits per heavy atom. The van der Waals surface area contributed by atoms with E-state index in [-0.39, 0.29) is 31.0 Å². The third kappa shape index (κ3) is 5.37. The molecule has 27 heavy (non-hydrogen) atoms. The fraction of sp³-hybridized carbons (Fsp3) is 0.211. The number of hydrogen-bond acceptors (Lipinski definition) is 4. The molecule has 3 rings (SSSR count). The highest BCUT2D eigenvalue weighted by molar-refractivity contribution is 7.99.